The van der Waals surface area contributed by atoms with E-state index in [1.54, 1.807) is 40.7 Å². The van der Waals surface area contributed by atoms with Crippen LogP contribution in [-0.4, -0.2) is 42.0 Å². The fraction of sp³-hybridized carbons (Fsp3) is 0.139. The number of benzene rings is 3. The summed E-state index contributed by atoms with van der Waals surface area (Å²) >= 11 is 19.5. The Hall–Kier alpha value is -4.74. The lowest BCUT2D eigenvalue weighted by atomic mass is 9.79. The van der Waals surface area contributed by atoms with Crippen molar-refractivity contribution < 1.29 is 14.4 Å². The molecule has 2 unspecified atom stereocenters. The van der Waals surface area contributed by atoms with Gasteiger partial charge in [0.2, 0.25) is 5.91 Å². The zero-order chi connectivity index (χ0) is 34.4. The molecule has 2 atom stereocenters. The van der Waals surface area contributed by atoms with Crippen molar-refractivity contribution in [3.8, 4) is 22.4 Å². The number of nitrogens with one attached hydrogen (secondary N) is 1. The third kappa shape index (κ3) is 6.28. The molecule has 49 heavy (non-hydrogen) atoms. The number of anilines is 1. The van der Waals surface area contributed by atoms with Crippen LogP contribution >= 0.6 is 46.1 Å². The van der Waals surface area contributed by atoms with Crippen LogP contribution in [0.2, 0.25) is 15.1 Å². The van der Waals surface area contributed by atoms with Crippen molar-refractivity contribution in [2.45, 2.75) is 26.3 Å². The molecule has 0 aliphatic heterocycles. The number of ketones is 2. The highest BCUT2D eigenvalue weighted by Crippen LogP contribution is 2.36. The number of rotatable bonds is 4. The lowest BCUT2D eigenvalue weighted by Crippen LogP contribution is -2.40. The molecule has 0 radical (unpaired) electrons. The molecule has 0 bridgehead atoms. The first-order valence-electron chi connectivity index (χ1n) is 15.1. The Bertz CT molecular complexity index is 2460. The molecule has 2 aliphatic rings. The maximum absolute atomic E-state index is 12.4. The predicted molar refractivity (Wildman–Crippen MR) is 194 cm³/mol. The fourth-order valence-corrected chi connectivity index (χ4v) is 7.42. The number of carbonyl (C=O) groups excluding carboxylic acids is 3. The maximum atomic E-state index is 12.4. The summed E-state index contributed by atoms with van der Waals surface area (Å²) in [7, 11) is 0. The number of thiazole rings is 1. The van der Waals surface area contributed by atoms with Gasteiger partial charge >= 0.3 is 0 Å². The Labute approximate surface area is 298 Å². The smallest absolute Gasteiger partial charge is 0.246 e. The molecule has 3 aromatic carbocycles. The van der Waals surface area contributed by atoms with Crippen LogP contribution < -0.4 is 15.8 Å². The summed E-state index contributed by atoms with van der Waals surface area (Å²) in [6, 6.07) is 15.0. The Balaban J connectivity index is 0.000000157. The number of aromatic nitrogens is 5. The van der Waals surface area contributed by atoms with Gasteiger partial charge < -0.3 is 9.88 Å². The SMILES string of the molecule is CC1C=c2c(ccc3c2=CC(=O)c2ccccc2-3)C(C)C1=O.O=C(Cn1cnc2ncncc21)Nc1nc(-c2cc(Cl)c(Cl)cc2Cl)cs1. The van der Waals surface area contributed by atoms with Crippen LogP contribution in [0.25, 0.3) is 45.7 Å². The Morgan fingerprint density at radius 3 is 2.51 bits per heavy atom. The lowest BCUT2D eigenvalue weighted by molar-refractivity contribution is -0.122. The van der Waals surface area contributed by atoms with Gasteiger partial charge in [-0.25, -0.2) is 19.9 Å². The van der Waals surface area contributed by atoms with Crippen molar-refractivity contribution in [1.82, 2.24) is 24.5 Å². The zero-order valence-electron chi connectivity index (χ0n) is 25.9. The van der Waals surface area contributed by atoms with Crippen molar-refractivity contribution in [1.29, 1.82) is 0 Å². The third-order valence-corrected chi connectivity index (χ3v) is 10.3. The first kappa shape index (κ1) is 32.8. The second-order valence-corrected chi connectivity index (χ2v) is 13.7. The summed E-state index contributed by atoms with van der Waals surface area (Å²) in [6.45, 7) is 3.95. The molecular weight excluding hydrogens is 703 g/mol. The molecule has 0 fully saturated rings. The number of fused-ring (bicyclic) bond motifs is 6. The van der Waals surface area contributed by atoms with E-state index in [0.717, 1.165) is 32.7 Å². The van der Waals surface area contributed by atoms with Gasteiger partial charge in [-0.05, 0) is 45.3 Å². The van der Waals surface area contributed by atoms with E-state index < -0.39 is 0 Å². The van der Waals surface area contributed by atoms with E-state index in [-0.39, 0.29) is 35.9 Å². The minimum Gasteiger partial charge on any atom is -0.318 e. The molecule has 1 amide bonds. The molecule has 244 valence electrons. The molecule has 0 saturated heterocycles. The molecule has 8 rings (SSSR count). The van der Waals surface area contributed by atoms with Gasteiger partial charge in [0.15, 0.2) is 16.6 Å². The normalized spacial score (nSPS) is 16.0. The summed E-state index contributed by atoms with van der Waals surface area (Å²) in [6.07, 6.45) is 8.29. The topological polar surface area (TPSA) is 120 Å². The highest BCUT2D eigenvalue weighted by molar-refractivity contribution is 7.14. The van der Waals surface area contributed by atoms with E-state index in [0.29, 0.717) is 42.6 Å². The number of halogens is 3. The van der Waals surface area contributed by atoms with E-state index in [1.807, 2.05) is 56.3 Å². The fourth-order valence-electron chi connectivity index (χ4n) is 6.05. The largest absolute Gasteiger partial charge is 0.318 e. The Morgan fingerprint density at radius 1 is 0.918 bits per heavy atom. The molecule has 3 heterocycles. The first-order chi connectivity index (χ1) is 23.6. The molecule has 0 saturated carbocycles. The second kappa shape index (κ2) is 13.3. The number of nitrogens with zero attached hydrogens (tertiary/aromatic N) is 5. The van der Waals surface area contributed by atoms with Gasteiger partial charge in [0.25, 0.3) is 0 Å². The van der Waals surface area contributed by atoms with Gasteiger partial charge in [-0.3, -0.25) is 14.4 Å². The minimum absolute atomic E-state index is 0.0436. The van der Waals surface area contributed by atoms with E-state index in [1.165, 1.54) is 17.7 Å². The molecule has 13 heteroatoms. The van der Waals surface area contributed by atoms with E-state index in [2.05, 4.69) is 25.3 Å². The predicted octanol–water partition coefficient (Wildman–Crippen LogP) is 6.98. The summed E-state index contributed by atoms with van der Waals surface area (Å²) in [5.74, 6) is -0.174. The number of amides is 1. The molecule has 3 aromatic heterocycles. The number of Topliss-reactive ketones (excluding diaryl/α,β-unsaturated/α-hetero) is 2. The van der Waals surface area contributed by atoms with Gasteiger partial charge in [0.05, 0.1) is 33.3 Å². The van der Waals surface area contributed by atoms with Gasteiger partial charge in [-0.15, -0.1) is 11.3 Å². The number of carbonyl (C=O) groups is 3. The Morgan fingerprint density at radius 2 is 1.69 bits per heavy atom. The van der Waals surface area contributed by atoms with Gasteiger partial charge in [0.1, 0.15) is 24.2 Å². The van der Waals surface area contributed by atoms with Crippen LogP contribution in [-0.2, 0) is 16.1 Å². The summed E-state index contributed by atoms with van der Waals surface area (Å²) < 4.78 is 1.66. The van der Waals surface area contributed by atoms with Crippen molar-refractivity contribution >= 4 is 92.1 Å². The highest BCUT2D eigenvalue weighted by Gasteiger charge is 2.27. The van der Waals surface area contributed by atoms with Gasteiger partial charge in [-0.1, -0.05) is 91.1 Å². The average Bonchev–Trinajstić information content (AvgIpc) is 3.73. The van der Waals surface area contributed by atoms with Crippen LogP contribution in [0.15, 0.2) is 72.8 Å². The van der Waals surface area contributed by atoms with E-state index in [9.17, 15) is 14.4 Å². The number of imidazole rings is 1. The lowest BCUT2D eigenvalue weighted by Gasteiger charge is -2.23. The van der Waals surface area contributed by atoms with E-state index >= 15 is 0 Å². The van der Waals surface area contributed by atoms with Crippen molar-refractivity contribution in [2.24, 2.45) is 5.92 Å². The van der Waals surface area contributed by atoms with Crippen LogP contribution in [0, 0.1) is 5.92 Å². The Kier molecular flexibility index (Phi) is 8.89. The standard InChI is InChI=1S/C20H16O2.C16H9Cl3N6OS/c1-11-9-17-13(12(2)20(11)22)7-8-15-14-5-3-4-6-16(14)19(21)10-18(15)17;17-9-2-11(19)10(18)1-8(9)12-5-27-16(23-12)24-14(26)4-25-7-22-15-13(25)3-20-6-21-15/h3-12H,1-2H3;1-3,5-7H,4H2,(H,23,24,26). The monoisotopic (exact) mass is 726 g/mol. The maximum Gasteiger partial charge on any atom is 0.246 e. The quantitative estimate of drug-likeness (QED) is 0.195. The summed E-state index contributed by atoms with van der Waals surface area (Å²) in [5, 5.41) is 8.17. The molecule has 9 nitrogen and oxygen atoms in total. The van der Waals surface area contributed by atoms with Crippen molar-refractivity contribution in [3.05, 3.63) is 109 Å². The number of hydrogen-bond donors (Lipinski definition) is 1. The summed E-state index contributed by atoms with van der Waals surface area (Å²) in [5.41, 5.74) is 6.30. The van der Waals surface area contributed by atoms with E-state index in [4.69, 9.17) is 34.8 Å². The molecule has 2 aliphatic carbocycles. The van der Waals surface area contributed by atoms with Crippen LogP contribution in [0.3, 0.4) is 0 Å². The third-order valence-electron chi connectivity index (χ3n) is 8.49. The van der Waals surface area contributed by atoms with Crippen LogP contribution in [0.5, 0.6) is 0 Å². The molecule has 1 N–H and O–H groups in total. The van der Waals surface area contributed by atoms with Gasteiger partial charge in [-0.2, -0.15) is 0 Å². The van der Waals surface area contributed by atoms with Crippen LogP contribution in [0.1, 0.15) is 35.7 Å². The first-order valence-corrected chi connectivity index (χ1v) is 17.2. The molecular formula is C36H25Cl3N6O3S. The zero-order valence-corrected chi connectivity index (χ0v) is 29.0. The van der Waals surface area contributed by atoms with Crippen LogP contribution in [0.4, 0.5) is 5.13 Å². The van der Waals surface area contributed by atoms with Crippen molar-refractivity contribution in [3.63, 3.8) is 0 Å². The molecule has 0 spiro atoms. The number of hydrogen-bond acceptors (Lipinski definition) is 8. The minimum atomic E-state index is -0.251. The summed E-state index contributed by atoms with van der Waals surface area (Å²) in [4.78, 5) is 53.5. The average molecular weight is 728 g/mol. The molecule has 6 aromatic rings. The van der Waals surface area contributed by atoms with Crippen molar-refractivity contribution in [2.75, 3.05) is 5.32 Å². The highest BCUT2D eigenvalue weighted by atomic mass is 35.5. The second-order valence-electron chi connectivity index (χ2n) is 11.6. The van der Waals surface area contributed by atoms with Gasteiger partial charge in [0, 0.05) is 28.3 Å².